The van der Waals surface area contributed by atoms with E-state index in [1.807, 2.05) is 0 Å². The van der Waals surface area contributed by atoms with Gasteiger partial charge in [-0.1, -0.05) is 15.9 Å². The van der Waals surface area contributed by atoms with E-state index in [0.29, 0.717) is 6.04 Å². The minimum absolute atomic E-state index is 0.410. The molecule has 0 saturated carbocycles. The summed E-state index contributed by atoms with van der Waals surface area (Å²) in [5.74, 6) is 0. The van der Waals surface area contributed by atoms with E-state index in [1.54, 1.807) is 0 Å². The number of halogens is 2. The van der Waals surface area contributed by atoms with E-state index >= 15 is 0 Å². The van der Waals surface area contributed by atoms with Crippen molar-refractivity contribution in [2.45, 2.75) is 19.9 Å². The summed E-state index contributed by atoms with van der Waals surface area (Å²) in [5.41, 5.74) is 1.05. The van der Waals surface area contributed by atoms with E-state index in [2.05, 4.69) is 80.3 Å². The first-order valence-electron chi connectivity index (χ1n) is 4.43. The van der Waals surface area contributed by atoms with Crippen LogP contribution in [0.3, 0.4) is 0 Å². The van der Waals surface area contributed by atoms with Crippen LogP contribution in [-0.4, -0.2) is 9.78 Å². The Labute approximate surface area is 105 Å². The molecule has 0 aliphatic rings. The van der Waals surface area contributed by atoms with Gasteiger partial charge in [0, 0.05) is 15.9 Å². The number of hydrogen-bond acceptors (Lipinski definition) is 1. The second-order valence-corrected chi connectivity index (χ2v) is 5.43. The second kappa shape index (κ2) is 3.81. The Kier molecular flexibility index (Phi) is 2.83. The molecule has 0 amide bonds. The first-order valence-corrected chi connectivity index (χ1v) is 6.30. The van der Waals surface area contributed by atoms with Crippen LogP contribution in [0.5, 0.6) is 0 Å². The fourth-order valence-corrected chi connectivity index (χ4v) is 2.86. The Balaban J connectivity index is 2.73. The van der Waals surface area contributed by atoms with Crippen LogP contribution >= 0.6 is 38.5 Å². The lowest BCUT2D eigenvalue weighted by atomic mass is 10.3. The molecule has 2 rings (SSSR count). The molecule has 0 N–H and O–H groups in total. The summed E-state index contributed by atoms with van der Waals surface area (Å²) in [6.07, 6.45) is 0. The first kappa shape index (κ1) is 10.4. The van der Waals surface area contributed by atoms with E-state index in [0.717, 1.165) is 9.99 Å². The Morgan fingerprint density at radius 2 is 2.14 bits per heavy atom. The molecule has 0 radical (unpaired) electrons. The molecule has 0 fully saturated rings. The highest BCUT2D eigenvalue weighted by atomic mass is 127. The van der Waals surface area contributed by atoms with Gasteiger partial charge in [-0.3, -0.25) is 4.68 Å². The van der Waals surface area contributed by atoms with Gasteiger partial charge in [-0.2, -0.15) is 5.10 Å². The highest BCUT2D eigenvalue weighted by Crippen LogP contribution is 2.25. The molecule has 0 aliphatic heterocycles. The summed E-state index contributed by atoms with van der Waals surface area (Å²) in [5, 5.41) is 5.78. The van der Waals surface area contributed by atoms with E-state index in [9.17, 15) is 0 Å². The molecular weight excluding hydrogens is 355 g/mol. The maximum absolute atomic E-state index is 4.55. The number of benzene rings is 1. The van der Waals surface area contributed by atoms with Gasteiger partial charge in [0.25, 0.3) is 0 Å². The van der Waals surface area contributed by atoms with Crippen LogP contribution < -0.4 is 0 Å². The van der Waals surface area contributed by atoms with Gasteiger partial charge in [-0.25, -0.2) is 0 Å². The molecule has 0 bridgehead atoms. The number of fused-ring (bicyclic) bond motifs is 1. The summed E-state index contributed by atoms with van der Waals surface area (Å²) in [7, 11) is 0. The fraction of sp³-hybridized carbons (Fsp3) is 0.300. The largest absolute Gasteiger partial charge is 0.256 e. The standard InChI is InChI=1S/C10H10BrIN2/c1-6(2)14-10(12)8-4-3-7(11)5-9(8)13-14/h3-6H,1-2H3. The number of nitrogens with zero attached hydrogens (tertiary/aromatic N) is 2. The van der Waals surface area contributed by atoms with Crippen molar-refractivity contribution in [1.82, 2.24) is 9.78 Å². The minimum atomic E-state index is 0.410. The maximum Gasteiger partial charge on any atom is 0.107 e. The normalized spacial score (nSPS) is 11.5. The lowest BCUT2D eigenvalue weighted by molar-refractivity contribution is 0.526. The van der Waals surface area contributed by atoms with Crippen molar-refractivity contribution in [3.05, 3.63) is 26.4 Å². The fourth-order valence-electron chi connectivity index (χ4n) is 1.39. The second-order valence-electron chi connectivity index (χ2n) is 3.49. The zero-order valence-corrected chi connectivity index (χ0v) is 11.7. The molecule has 0 atom stereocenters. The van der Waals surface area contributed by atoms with Crippen molar-refractivity contribution in [2.75, 3.05) is 0 Å². The Morgan fingerprint density at radius 1 is 1.43 bits per heavy atom. The van der Waals surface area contributed by atoms with Crippen molar-refractivity contribution in [3.8, 4) is 0 Å². The van der Waals surface area contributed by atoms with Crippen LogP contribution in [0.1, 0.15) is 19.9 Å². The van der Waals surface area contributed by atoms with Crippen LogP contribution in [0, 0.1) is 3.70 Å². The van der Waals surface area contributed by atoms with Crippen LogP contribution in [0.25, 0.3) is 10.9 Å². The van der Waals surface area contributed by atoms with Crippen molar-refractivity contribution >= 4 is 49.4 Å². The van der Waals surface area contributed by atoms with Crippen molar-refractivity contribution in [2.24, 2.45) is 0 Å². The average molecular weight is 365 g/mol. The molecule has 1 aromatic heterocycles. The molecule has 0 spiro atoms. The SMILES string of the molecule is CC(C)n1nc2cc(Br)ccc2c1I. The van der Waals surface area contributed by atoms with Crippen molar-refractivity contribution in [3.63, 3.8) is 0 Å². The predicted molar refractivity (Wildman–Crippen MR) is 70.5 cm³/mol. The quantitative estimate of drug-likeness (QED) is 0.700. The first-order chi connectivity index (χ1) is 6.59. The summed E-state index contributed by atoms with van der Waals surface area (Å²) in [6, 6.07) is 6.62. The van der Waals surface area contributed by atoms with E-state index in [4.69, 9.17) is 0 Å². The third-order valence-corrected chi connectivity index (χ3v) is 3.66. The third kappa shape index (κ3) is 1.69. The Bertz CT molecular complexity index is 476. The summed E-state index contributed by atoms with van der Waals surface area (Å²) in [6.45, 7) is 4.28. The topological polar surface area (TPSA) is 17.8 Å². The van der Waals surface area contributed by atoms with Crippen LogP contribution in [-0.2, 0) is 0 Å². The van der Waals surface area contributed by atoms with Gasteiger partial charge in [0.05, 0.1) is 5.52 Å². The van der Waals surface area contributed by atoms with E-state index in [1.165, 1.54) is 9.09 Å². The molecule has 14 heavy (non-hydrogen) atoms. The Morgan fingerprint density at radius 3 is 2.79 bits per heavy atom. The van der Waals surface area contributed by atoms with Gasteiger partial charge >= 0.3 is 0 Å². The number of rotatable bonds is 1. The molecule has 1 aromatic carbocycles. The zero-order valence-electron chi connectivity index (χ0n) is 7.96. The Hall–Kier alpha value is -0.100. The van der Waals surface area contributed by atoms with Gasteiger partial charge in [-0.15, -0.1) is 0 Å². The molecule has 74 valence electrons. The molecule has 4 heteroatoms. The molecule has 0 aliphatic carbocycles. The van der Waals surface area contributed by atoms with Crippen molar-refractivity contribution in [1.29, 1.82) is 0 Å². The van der Waals surface area contributed by atoms with Crippen LogP contribution in [0.4, 0.5) is 0 Å². The molecule has 0 unspecified atom stereocenters. The molecular formula is C10H10BrIN2. The van der Waals surface area contributed by atoms with Gasteiger partial charge in [-0.05, 0) is 54.6 Å². The summed E-state index contributed by atoms with van der Waals surface area (Å²) >= 11 is 5.80. The summed E-state index contributed by atoms with van der Waals surface area (Å²) < 4.78 is 4.34. The van der Waals surface area contributed by atoms with Gasteiger partial charge in [0.2, 0.25) is 0 Å². The number of hydrogen-bond donors (Lipinski definition) is 0. The molecule has 2 nitrogen and oxygen atoms in total. The van der Waals surface area contributed by atoms with Gasteiger partial charge in [0.1, 0.15) is 3.70 Å². The van der Waals surface area contributed by atoms with E-state index in [-0.39, 0.29) is 0 Å². The third-order valence-electron chi connectivity index (χ3n) is 2.09. The van der Waals surface area contributed by atoms with Gasteiger partial charge < -0.3 is 0 Å². The highest BCUT2D eigenvalue weighted by Gasteiger charge is 2.10. The molecule has 2 aromatic rings. The van der Waals surface area contributed by atoms with Gasteiger partial charge in [0.15, 0.2) is 0 Å². The highest BCUT2D eigenvalue weighted by molar-refractivity contribution is 14.1. The maximum atomic E-state index is 4.55. The average Bonchev–Trinajstić information content (AvgIpc) is 2.43. The number of aromatic nitrogens is 2. The van der Waals surface area contributed by atoms with Crippen molar-refractivity contribution < 1.29 is 0 Å². The van der Waals surface area contributed by atoms with E-state index < -0.39 is 0 Å². The minimum Gasteiger partial charge on any atom is -0.256 e. The smallest absolute Gasteiger partial charge is 0.107 e. The van der Waals surface area contributed by atoms with Crippen LogP contribution in [0.15, 0.2) is 22.7 Å². The monoisotopic (exact) mass is 364 g/mol. The molecule has 0 saturated heterocycles. The molecule has 1 heterocycles. The van der Waals surface area contributed by atoms with Crippen LogP contribution in [0.2, 0.25) is 0 Å². The lowest BCUT2D eigenvalue weighted by Gasteiger charge is -2.05. The lowest BCUT2D eigenvalue weighted by Crippen LogP contribution is -2.04. The zero-order chi connectivity index (χ0) is 10.3. The summed E-state index contributed by atoms with van der Waals surface area (Å²) in [4.78, 5) is 0. The predicted octanol–water partition coefficient (Wildman–Crippen LogP) is 3.98.